The van der Waals surface area contributed by atoms with E-state index in [1.165, 1.54) is 5.56 Å². The lowest BCUT2D eigenvalue weighted by atomic mass is 10.1. The van der Waals surface area contributed by atoms with Crippen molar-refractivity contribution >= 4 is 0 Å². The normalized spacial score (nSPS) is 10.4. The van der Waals surface area contributed by atoms with Gasteiger partial charge < -0.3 is 4.57 Å². The van der Waals surface area contributed by atoms with Gasteiger partial charge in [0.15, 0.2) is 5.82 Å². The summed E-state index contributed by atoms with van der Waals surface area (Å²) in [6, 6.07) is 8.22. The largest absolute Gasteiger partial charge is 0.314 e. The van der Waals surface area contributed by atoms with Crippen molar-refractivity contribution in [3.8, 4) is 11.4 Å². The fourth-order valence-electron chi connectivity index (χ4n) is 1.52. The first-order valence-corrected chi connectivity index (χ1v) is 4.76. The molecule has 1 heterocycles. The molecule has 72 valence electrons. The Hall–Kier alpha value is -1.64. The van der Waals surface area contributed by atoms with E-state index in [9.17, 15) is 0 Å². The first-order chi connectivity index (χ1) is 6.83. The number of rotatable bonds is 2. The van der Waals surface area contributed by atoms with E-state index in [4.69, 9.17) is 0 Å². The highest BCUT2D eigenvalue weighted by Gasteiger charge is 2.07. The second-order valence-electron chi connectivity index (χ2n) is 3.26. The standard InChI is InChI=1S/C11H13N3/c1-3-14-8-12-13-11(14)10-7-5-4-6-9(10)2/h4-8H,3H2,1-2H3. The van der Waals surface area contributed by atoms with Gasteiger partial charge in [-0.1, -0.05) is 24.3 Å². The molecule has 0 aliphatic heterocycles. The number of nitrogens with zero attached hydrogens (tertiary/aromatic N) is 3. The fraction of sp³-hybridized carbons (Fsp3) is 0.273. The van der Waals surface area contributed by atoms with Crippen molar-refractivity contribution in [3.63, 3.8) is 0 Å². The van der Waals surface area contributed by atoms with Crippen molar-refractivity contribution in [2.75, 3.05) is 0 Å². The zero-order valence-corrected chi connectivity index (χ0v) is 8.44. The van der Waals surface area contributed by atoms with E-state index in [1.807, 2.05) is 16.7 Å². The van der Waals surface area contributed by atoms with E-state index in [2.05, 4.69) is 36.2 Å². The first-order valence-electron chi connectivity index (χ1n) is 4.76. The van der Waals surface area contributed by atoms with Gasteiger partial charge in [0.2, 0.25) is 0 Å². The third-order valence-electron chi connectivity index (χ3n) is 2.34. The molecule has 1 aromatic heterocycles. The van der Waals surface area contributed by atoms with Crippen LogP contribution in [0.5, 0.6) is 0 Å². The molecular formula is C11H13N3. The molecule has 0 spiro atoms. The molecule has 3 heteroatoms. The summed E-state index contributed by atoms with van der Waals surface area (Å²) in [4.78, 5) is 0. The molecule has 0 bridgehead atoms. The average Bonchev–Trinajstić information content (AvgIpc) is 2.66. The van der Waals surface area contributed by atoms with E-state index < -0.39 is 0 Å². The highest BCUT2D eigenvalue weighted by Crippen LogP contribution is 2.20. The SMILES string of the molecule is CCn1cnnc1-c1ccccc1C. The molecule has 0 atom stereocenters. The number of benzene rings is 1. The molecule has 0 unspecified atom stereocenters. The third kappa shape index (κ3) is 1.41. The predicted octanol–water partition coefficient (Wildman–Crippen LogP) is 2.27. The first kappa shape index (κ1) is 8.94. The van der Waals surface area contributed by atoms with Crippen LogP contribution in [-0.4, -0.2) is 14.8 Å². The molecule has 0 saturated carbocycles. The summed E-state index contributed by atoms with van der Waals surface area (Å²) in [5, 5.41) is 8.05. The number of hydrogen-bond acceptors (Lipinski definition) is 2. The van der Waals surface area contributed by atoms with Gasteiger partial charge in [-0.2, -0.15) is 0 Å². The molecule has 1 aromatic carbocycles. The summed E-state index contributed by atoms with van der Waals surface area (Å²) < 4.78 is 2.04. The lowest BCUT2D eigenvalue weighted by Crippen LogP contribution is -1.97. The van der Waals surface area contributed by atoms with Crippen LogP contribution in [0, 0.1) is 6.92 Å². The molecule has 2 aromatic rings. The molecule has 0 aliphatic carbocycles. The minimum absolute atomic E-state index is 0.899. The summed E-state index contributed by atoms with van der Waals surface area (Å²) in [5.74, 6) is 0.950. The van der Waals surface area contributed by atoms with E-state index in [0.717, 1.165) is 17.9 Å². The Morgan fingerprint density at radius 1 is 1.29 bits per heavy atom. The van der Waals surface area contributed by atoms with Gasteiger partial charge in [-0.25, -0.2) is 0 Å². The van der Waals surface area contributed by atoms with Gasteiger partial charge in [-0.05, 0) is 19.4 Å². The van der Waals surface area contributed by atoms with Gasteiger partial charge in [0.25, 0.3) is 0 Å². The van der Waals surface area contributed by atoms with E-state index in [0.29, 0.717) is 0 Å². The maximum atomic E-state index is 4.13. The third-order valence-corrected chi connectivity index (χ3v) is 2.34. The van der Waals surface area contributed by atoms with Gasteiger partial charge in [0.1, 0.15) is 6.33 Å². The second kappa shape index (κ2) is 3.62. The van der Waals surface area contributed by atoms with Gasteiger partial charge in [-0.15, -0.1) is 10.2 Å². The quantitative estimate of drug-likeness (QED) is 0.722. The Balaban J connectivity index is 2.54. The molecule has 0 saturated heterocycles. The second-order valence-corrected chi connectivity index (χ2v) is 3.26. The van der Waals surface area contributed by atoms with Crippen LogP contribution in [0.1, 0.15) is 12.5 Å². The summed E-state index contributed by atoms with van der Waals surface area (Å²) >= 11 is 0. The van der Waals surface area contributed by atoms with Crippen molar-refractivity contribution in [2.45, 2.75) is 20.4 Å². The molecule has 3 nitrogen and oxygen atoms in total. The molecule has 14 heavy (non-hydrogen) atoms. The van der Waals surface area contributed by atoms with E-state index >= 15 is 0 Å². The Labute approximate surface area is 83.4 Å². The Bertz CT molecular complexity index is 432. The maximum absolute atomic E-state index is 4.13. The van der Waals surface area contributed by atoms with Crippen LogP contribution >= 0.6 is 0 Å². The van der Waals surface area contributed by atoms with Crippen LogP contribution < -0.4 is 0 Å². The Morgan fingerprint density at radius 2 is 2.07 bits per heavy atom. The maximum Gasteiger partial charge on any atom is 0.163 e. The van der Waals surface area contributed by atoms with Gasteiger partial charge in [-0.3, -0.25) is 0 Å². The van der Waals surface area contributed by atoms with Crippen molar-refractivity contribution in [1.29, 1.82) is 0 Å². The monoisotopic (exact) mass is 187 g/mol. The summed E-state index contributed by atoms with van der Waals surface area (Å²) in [6.45, 7) is 5.08. The van der Waals surface area contributed by atoms with Crippen LogP contribution in [0.3, 0.4) is 0 Å². The molecular weight excluding hydrogens is 174 g/mol. The Morgan fingerprint density at radius 3 is 2.79 bits per heavy atom. The van der Waals surface area contributed by atoms with Crippen molar-refractivity contribution in [1.82, 2.24) is 14.8 Å². The van der Waals surface area contributed by atoms with Gasteiger partial charge in [0, 0.05) is 12.1 Å². The summed E-state index contributed by atoms with van der Waals surface area (Å²) in [5.41, 5.74) is 2.39. The highest BCUT2D eigenvalue weighted by molar-refractivity contribution is 5.59. The van der Waals surface area contributed by atoms with Crippen LogP contribution in [0.2, 0.25) is 0 Å². The zero-order valence-electron chi connectivity index (χ0n) is 8.44. The average molecular weight is 187 g/mol. The number of aromatic nitrogens is 3. The van der Waals surface area contributed by atoms with Gasteiger partial charge in [0.05, 0.1) is 0 Å². The molecule has 0 radical (unpaired) electrons. The minimum atomic E-state index is 0.899. The fourth-order valence-corrected chi connectivity index (χ4v) is 1.52. The van der Waals surface area contributed by atoms with Crippen LogP contribution in [0.4, 0.5) is 0 Å². The van der Waals surface area contributed by atoms with Crippen LogP contribution in [0.15, 0.2) is 30.6 Å². The summed E-state index contributed by atoms with van der Waals surface area (Å²) in [7, 11) is 0. The highest BCUT2D eigenvalue weighted by atomic mass is 15.3. The van der Waals surface area contributed by atoms with Gasteiger partial charge >= 0.3 is 0 Å². The molecule has 2 rings (SSSR count). The number of aryl methyl sites for hydroxylation is 2. The van der Waals surface area contributed by atoms with Crippen molar-refractivity contribution in [2.24, 2.45) is 0 Å². The predicted molar refractivity (Wildman–Crippen MR) is 55.9 cm³/mol. The van der Waals surface area contributed by atoms with Crippen molar-refractivity contribution < 1.29 is 0 Å². The van der Waals surface area contributed by atoms with E-state index in [-0.39, 0.29) is 0 Å². The topological polar surface area (TPSA) is 30.7 Å². The molecule has 0 fully saturated rings. The molecule has 0 aliphatic rings. The minimum Gasteiger partial charge on any atom is -0.314 e. The molecule has 0 amide bonds. The lowest BCUT2D eigenvalue weighted by molar-refractivity contribution is 0.766. The van der Waals surface area contributed by atoms with Crippen molar-refractivity contribution in [3.05, 3.63) is 36.2 Å². The lowest BCUT2D eigenvalue weighted by Gasteiger charge is -2.05. The Kier molecular flexibility index (Phi) is 2.31. The number of hydrogen-bond donors (Lipinski definition) is 0. The molecule has 0 N–H and O–H groups in total. The summed E-state index contributed by atoms with van der Waals surface area (Å²) in [6.07, 6.45) is 1.77. The van der Waals surface area contributed by atoms with E-state index in [1.54, 1.807) is 6.33 Å². The zero-order chi connectivity index (χ0) is 9.97. The smallest absolute Gasteiger partial charge is 0.163 e. The van der Waals surface area contributed by atoms with Crippen LogP contribution in [0.25, 0.3) is 11.4 Å². The van der Waals surface area contributed by atoms with Crippen LogP contribution in [-0.2, 0) is 6.54 Å².